The molecule has 6 atom stereocenters. The summed E-state index contributed by atoms with van der Waals surface area (Å²) >= 11 is 0. The number of aliphatic hydroxyl groups excluding tert-OH is 3. The highest BCUT2D eigenvalue weighted by atomic mass is 16.5. The third-order valence-electron chi connectivity index (χ3n) is 4.55. The first-order valence-corrected chi connectivity index (χ1v) is 6.97. The van der Waals surface area contributed by atoms with Crippen LogP contribution in [0.25, 0.3) is 0 Å². The van der Waals surface area contributed by atoms with E-state index in [1.165, 1.54) is 7.11 Å². The van der Waals surface area contributed by atoms with Crippen LogP contribution in [0, 0.1) is 0 Å². The summed E-state index contributed by atoms with van der Waals surface area (Å²) in [5.74, 6) is -0.475. The number of methoxy groups -OCH3 is 1. The summed E-state index contributed by atoms with van der Waals surface area (Å²) in [4.78, 5) is 13.6. The third kappa shape index (κ3) is 2.23. The minimum atomic E-state index is -1.60. The SMILES string of the molecule is CCCN1[C@H](C(=O)OC)C[C@@]2(O)[C@@H](O)[C@@H](O)[C@@H](O)C[C@@H]12. The van der Waals surface area contributed by atoms with Crippen LogP contribution in [0.2, 0.25) is 0 Å². The molecule has 1 saturated heterocycles. The van der Waals surface area contributed by atoms with E-state index >= 15 is 0 Å². The Morgan fingerprint density at radius 2 is 2.05 bits per heavy atom. The predicted molar refractivity (Wildman–Crippen MR) is 68.8 cm³/mol. The van der Waals surface area contributed by atoms with E-state index in [2.05, 4.69) is 0 Å². The van der Waals surface area contributed by atoms with Crippen LogP contribution in [-0.2, 0) is 9.53 Å². The Kier molecular flexibility index (Phi) is 4.36. The molecule has 1 aliphatic carbocycles. The van der Waals surface area contributed by atoms with E-state index in [1.54, 1.807) is 4.90 Å². The Morgan fingerprint density at radius 1 is 1.40 bits per heavy atom. The molecule has 0 spiro atoms. The number of esters is 1. The molecule has 0 aromatic rings. The number of hydrogen-bond donors (Lipinski definition) is 4. The van der Waals surface area contributed by atoms with Crippen molar-refractivity contribution in [1.29, 1.82) is 0 Å². The maximum atomic E-state index is 11.9. The van der Waals surface area contributed by atoms with Gasteiger partial charge in [0.2, 0.25) is 0 Å². The van der Waals surface area contributed by atoms with Crippen LogP contribution in [-0.4, -0.2) is 80.9 Å². The van der Waals surface area contributed by atoms with E-state index in [1.807, 2.05) is 6.92 Å². The predicted octanol–water partition coefficient (Wildman–Crippen LogP) is -1.77. The fourth-order valence-corrected chi connectivity index (χ4v) is 3.52. The van der Waals surface area contributed by atoms with Crippen molar-refractivity contribution in [3.63, 3.8) is 0 Å². The molecule has 1 heterocycles. The summed E-state index contributed by atoms with van der Waals surface area (Å²) in [5.41, 5.74) is -1.60. The third-order valence-corrected chi connectivity index (χ3v) is 4.55. The van der Waals surface area contributed by atoms with Gasteiger partial charge in [0.05, 0.1) is 13.2 Å². The molecule has 7 heteroatoms. The van der Waals surface area contributed by atoms with E-state index in [0.29, 0.717) is 6.54 Å². The van der Waals surface area contributed by atoms with Gasteiger partial charge in [-0.25, -0.2) is 0 Å². The number of ether oxygens (including phenoxy) is 1. The molecular weight excluding hydrogens is 266 g/mol. The number of fused-ring (bicyclic) bond motifs is 1. The summed E-state index contributed by atoms with van der Waals surface area (Å²) in [5, 5.41) is 40.4. The smallest absolute Gasteiger partial charge is 0.323 e. The first kappa shape index (κ1) is 15.7. The van der Waals surface area contributed by atoms with E-state index in [4.69, 9.17) is 4.74 Å². The largest absolute Gasteiger partial charge is 0.468 e. The van der Waals surface area contributed by atoms with Crippen LogP contribution < -0.4 is 0 Å². The average Bonchev–Trinajstić information content (AvgIpc) is 2.71. The standard InChI is InChI=1S/C13H23NO6/c1-3-4-14-7(12(18)20-2)6-13(19)9(14)5-8(15)10(16)11(13)17/h7-11,15-17,19H,3-6H2,1-2H3/t7-,8-,9+,10-,11-,13-/m0/s1. The Hall–Kier alpha value is -0.730. The number of carbonyl (C=O) groups is 1. The molecule has 0 aromatic carbocycles. The lowest BCUT2D eigenvalue weighted by molar-refractivity contribution is -0.196. The highest BCUT2D eigenvalue weighted by molar-refractivity contribution is 5.76. The molecular formula is C13H23NO6. The second kappa shape index (κ2) is 5.57. The first-order chi connectivity index (χ1) is 9.36. The fourth-order valence-electron chi connectivity index (χ4n) is 3.52. The lowest BCUT2D eigenvalue weighted by Gasteiger charge is -2.45. The summed E-state index contributed by atoms with van der Waals surface area (Å²) in [6.45, 7) is 2.48. The molecule has 0 radical (unpaired) electrons. The van der Waals surface area contributed by atoms with Gasteiger partial charge in [0.25, 0.3) is 0 Å². The number of aliphatic hydroxyl groups is 4. The van der Waals surface area contributed by atoms with Gasteiger partial charge in [-0.1, -0.05) is 6.92 Å². The monoisotopic (exact) mass is 289 g/mol. The number of nitrogens with zero attached hydrogens (tertiary/aromatic N) is 1. The summed E-state index contributed by atoms with van der Waals surface area (Å²) < 4.78 is 4.75. The van der Waals surface area contributed by atoms with Gasteiger partial charge in [0.1, 0.15) is 23.9 Å². The minimum absolute atomic E-state index is 0.00468. The first-order valence-electron chi connectivity index (χ1n) is 6.97. The van der Waals surface area contributed by atoms with Gasteiger partial charge in [-0.15, -0.1) is 0 Å². The van der Waals surface area contributed by atoms with Gasteiger partial charge in [-0.3, -0.25) is 9.69 Å². The highest BCUT2D eigenvalue weighted by Crippen LogP contribution is 2.43. The van der Waals surface area contributed by atoms with Crippen LogP contribution >= 0.6 is 0 Å². The van der Waals surface area contributed by atoms with Crippen molar-refractivity contribution >= 4 is 5.97 Å². The highest BCUT2D eigenvalue weighted by Gasteiger charge is 2.62. The molecule has 2 aliphatic rings. The molecule has 116 valence electrons. The Balaban J connectivity index is 2.33. The molecule has 1 aliphatic heterocycles. The molecule has 0 bridgehead atoms. The van der Waals surface area contributed by atoms with Gasteiger partial charge in [-0.05, 0) is 19.4 Å². The lowest BCUT2D eigenvalue weighted by Crippen LogP contribution is -2.64. The molecule has 20 heavy (non-hydrogen) atoms. The van der Waals surface area contributed by atoms with Crippen molar-refractivity contribution < 1.29 is 30.0 Å². The molecule has 0 unspecified atom stereocenters. The maximum Gasteiger partial charge on any atom is 0.323 e. The van der Waals surface area contributed by atoms with Gasteiger partial charge < -0.3 is 25.2 Å². The van der Waals surface area contributed by atoms with E-state index in [9.17, 15) is 25.2 Å². The second-order valence-corrected chi connectivity index (χ2v) is 5.73. The fraction of sp³-hybridized carbons (Fsp3) is 0.923. The van der Waals surface area contributed by atoms with Crippen LogP contribution in [0.4, 0.5) is 0 Å². The Bertz CT molecular complexity index is 378. The van der Waals surface area contributed by atoms with E-state index in [-0.39, 0.29) is 12.8 Å². The number of rotatable bonds is 3. The van der Waals surface area contributed by atoms with Gasteiger partial charge in [-0.2, -0.15) is 0 Å². The number of hydrogen-bond acceptors (Lipinski definition) is 7. The van der Waals surface area contributed by atoms with Crippen LogP contribution in [0.3, 0.4) is 0 Å². The zero-order valence-corrected chi connectivity index (χ0v) is 11.8. The van der Waals surface area contributed by atoms with Crippen LogP contribution in [0.5, 0.6) is 0 Å². The molecule has 4 N–H and O–H groups in total. The van der Waals surface area contributed by atoms with Crippen molar-refractivity contribution in [1.82, 2.24) is 4.90 Å². The topological polar surface area (TPSA) is 110 Å². The number of carbonyl (C=O) groups excluding carboxylic acids is 1. The molecule has 1 saturated carbocycles. The van der Waals surface area contributed by atoms with Crippen LogP contribution in [0.1, 0.15) is 26.2 Å². The quantitative estimate of drug-likeness (QED) is 0.455. The summed E-state index contributed by atoms with van der Waals surface area (Å²) in [7, 11) is 1.28. The van der Waals surface area contributed by atoms with Gasteiger partial charge >= 0.3 is 5.97 Å². The molecule has 2 fully saturated rings. The van der Waals surface area contributed by atoms with E-state index in [0.717, 1.165) is 6.42 Å². The average molecular weight is 289 g/mol. The molecule has 0 amide bonds. The van der Waals surface area contributed by atoms with Crippen molar-refractivity contribution in [2.45, 2.75) is 62.2 Å². The van der Waals surface area contributed by atoms with Crippen molar-refractivity contribution in [3.05, 3.63) is 0 Å². The molecule has 2 rings (SSSR count). The molecule has 7 nitrogen and oxygen atoms in total. The summed E-state index contributed by atoms with van der Waals surface area (Å²) in [6.07, 6.45) is -3.14. The maximum absolute atomic E-state index is 11.9. The van der Waals surface area contributed by atoms with E-state index < -0.39 is 42.0 Å². The number of likely N-dealkylation sites (tertiary alicyclic amines) is 1. The zero-order valence-electron chi connectivity index (χ0n) is 11.8. The van der Waals surface area contributed by atoms with Crippen molar-refractivity contribution in [3.8, 4) is 0 Å². The Labute approximate surface area is 117 Å². The molecule has 0 aromatic heterocycles. The summed E-state index contributed by atoms with van der Waals surface area (Å²) in [6, 6.07) is -1.23. The zero-order chi connectivity index (χ0) is 15.1. The normalized spacial score (nSPS) is 45.2. The lowest BCUT2D eigenvalue weighted by atomic mass is 9.75. The van der Waals surface area contributed by atoms with Crippen molar-refractivity contribution in [2.24, 2.45) is 0 Å². The second-order valence-electron chi connectivity index (χ2n) is 5.73. The Morgan fingerprint density at radius 3 is 2.60 bits per heavy atom. The van der Waals surface area contributed by atoms with Crippen LogP contribution in [0.15, 0.2) is 0 Å². The van der Waals surface area contributed by atoms with Crippen molar-refractivity contribution in [2.75, 3.05) is 13.7 Å². The van der Waals surface area contributed by atoms with Gasteiger partial charge in [0.15, 0.2) is 0 Å². The van der Waals surface area contributed by atoms with Gasteiger partial charge in [0, 0.05) is 12.5 Å². The minimum Gasteiger partial charge on any atom is -0.468 e.